The van der Waals surface area contributed by atoms with E-state index in [1.54, 1.807) is 0 Å². The molecule has 4 heteroatoms. The van der Waals surface area contributed by atoms with Gasteiger partial charge < -0.3 is 10.6 Å². The van der Waals surface area contributed by atoms with Gasteiger partial charge in [0.1, 0.15) is 0 Å². The van der Waals surface area contributed by atoms with Crippen LogP contribution in [0.25, 0.3) is 0 Å². The van der Waals surface area contributed by atoms with Crippen molar-refractivity contribution in [3.05, 3.63) is 0 Å². The minimum atomic E-state index is 0.636. The average Bonchev–Trinajstić information content (AvgIpc) is 2.91. The minimum Gasteiger partial charge on any atom is -0.355 e. The van der Waals surface area contributed by atoms with Crippen molar-refractivity contribution in [3.63, 3.8) is 0 Å². The quantitative estimate of drug-likeness (QED) is 0.578. The number of nitrogens with one attached hydrogen (secondary N) is 2. The largest absolute Gasteiger partial charge is 0.355 e. The zero-order chi connectivity index (χ0) is 14.5. The molecule has 0 bridgehead atoms. The molecule has 0 radical (unpaired) electrons. The van der Waals surface area contributed by atoms with Crippen LogP contribution in [0.2, 0.25) is 0 Å². The second-order valence-corrected chi connectivity index (χ2v) is 6.94. The van der Waals surface area contributed by atoms with E-state index in [4.69, 9.17) is 0 Å². The van der Waals surface area contributed by atoms with E-state index in [0.717, 1.165) is 24.3 Å². The van der Waals surface area contributed by atoms with Gasteiger partial charge in [-0.1, -0.05) is 20.8 Å². The molecule has 3 atom stereocenters. The summed E-state index contributed by atoms with van der Waals surface area (Å²) in [5.41, 5.74) is 0. The smallest absolute Gasteiger partial charge is 0.191 e. The van der Waals surface area contributed by atoms with Gasteiger partial charge in [-0.15, -0.1) is 0 Å². The van der Waals surface area contributed by atoms with Crippen LogP contribution in [-0.2, 0) is 0 Å². The monoisotopic (exact) mass is 280 g/mol. The van der Waals surface area contributed by atoms with E-state index in [2.05, 4.69) is 41.3 Å². The molecular weight excluding hydrogens is 248 g/mol. The molecule has 1 saturated carbocycles. The van der Waals surface area contributed by atoms with Gasteiger partial charge in [0, 0.05) is 25.7 Å². The van der Waals surface area contributed by atoms with Crippen molar-refractivity contribution in [1.29, 1.82) is 0 Å². The fourth-order valence-corrected chi connectivity index (χ4v) is 3.12. The average molecular weight is 280 g/mol. The summed E-state index contributed by atoms with van der Waals surface area (Å²) in [5, 5.41) is 7.05. The number of aliphatic imine (C=N–C) groups is 1. The Labute approximate surface area is 124 Å². The topological polar surface area (TPSA) is 39.7 Å². The highest BCUT2D eigenvalue weighted by atomic mass is 15.2. The summed E-state index contributed by atoms with van der Waals surface area (Å²) in [5.74, 6) is 2.53. The van der Waals surface area contributed by atoms with Crippen molar-refractivity contribution in [2.75, 3.05) is 26.7 Å². The zero-order valence-electron chi connectivity index (χ0n) is 13.7. The Kier molecular flexibility index (Phi) is 5.70. The Balaban J connectivity index is 1.80. The van der Waals surface area contributed by atoms with Crippen LogP contribution < -0.4 is 10.6 Å². The van der Waals surface area contributed by atoms with Gasteiger partial charge in [0.25, 0.3) is 0 Å². The minimum absolute atomic E-state index is 0.636. The Hall–Kier alpha value is -0.770. The van der Waals surface area contributed by atoms with Crippen LogP contribution in [0.1, 0.15) is 46.5 Å². The lowest BCUT2D eigenvalue weighted by atomic mass is 10.0. The SMILES string of the molecule is CN=C(NCC(CC(C)C)N1CCCC1)NC1CC1C. The molecule has 1 saturated heterocycles. The third-order valence-electron chi connectivity index (χ3n) is 4.56. The van der Waals surface area contributed by atoms with Crippen LogP contribution in [0.5, 0.6) is 0 Å². The fraction of sp³-hybridized carbons (Fsp3) is 0.938. The predicted octanol–water partition coefficient (Wildman–Crippen LogP) is 2.07. The molecule has 2 rings (SSSR count). The lowest BCUT2D eigenvalue weighted by molar-refractivity contribution is 0.213. The normalized spacial score (nSPS) is 28.8. The maximum Gasteiger partial charge on any atom is 0.191 e. The van der Waals surface area contributed by atoms with Gasteiger partial charge in [0.2, 0.25) is 0 Å². The van der Waals surface area contributed by atoms with E-state index >= 15 is 0 Å². The van der Waals surface area contributed by atoms with Crippen LogP contribution in [-0.4, -0.2) is 49.6 Å². The molecule has 3 unspecified atom stereocenters. The first-order valence-electron chi connectivity index (χ1n) is 8.31. The highest BCUT2D eigenvalue weighted by Gasteiger charge is 2.33. The van der Waals surface area contributed by atoms with Crippen molar-refractivity contribution in [1.82, 2.24) is 15.5 Å². The molecule has 0 aromatic carbocycles. The summed E-state index contributed by atoms with van der Waals surface area (Å²) in [4.78, 5) is 7.01. The Morgan fingerprint density at radius 3 is 2.45 bits per heavy atom. The van der Waals surface area contributed by atoms with Gasteiger partial charge in [0.15, 0.2) is 5.96 Å². The van der Waals surface area contributed by atoms with E-state index in [0.29, 0.717) is 12.1 Å². The molecule has 0 aromatic heterocycles. The molecular formula is C16H32N4. The first-order valence-corrected chi connectivity index (χ1v) is 8.31. The van der Waals surface area contributed by atoms with Crippen molar-refractivity contribution < 1.29 is 0 Å². The third kappa shape index (κ3) is 4.65. The van der Waals surface area contributed by atoms with Gasteiger partial charge in [0.05, 0.1) is 0 Å². The Morgan fingerprint density at radius 2 is 1.95 bits per heavy atom. The molecule has 2 aliphatic rings. The standard InChI is InChI=1S/C16H32N4/c1-12(2)9-14(20-7-5-6-8-20)11-18-16(17-4)19-15-10-13(15)3/h12-15H,5-11H2,1-4H3,(H2,17,18,19). The molecule has 2 fully saturated rings. The van der Waals surface area contributed by atoms with Gasteiger partial charge in [-0.05, 0) is 50.6 Å². The van der Waals surface area contributed by atoms with E-state index in [-0.39, 0.29) is 0 Å². The molecule has 116 valence electrons. The van der Waals surface area contributed by atoms with Crippen LogP contribution in [0.4, 0.5) is 0 Å². The molecule has 0 spiro atoms. The van der Waals surface area contributed by atoms with Gasteiger partial charge in [-0.2, -0.15) is 0 Å². The fourth-order valence-electron chi connectivity index (χ4n) is 3.12. The van der Waals surface area contributed by atoms with Gasteiger partial charge in [-0.3, -0.25) is 9.89 Å². The Bertz CT molecular complexity index is 320. The van der Waals surface area contributed by atoms with Gasteiger partial charge >= 0.3 is 0 Å². The zero-order valence-corrected chi connectivity index (χ0v) is 13.7. The van der Waals surface area contributed by atoms with E-state index in [1.165, 1.54) is 38.8 Å². The predicted molar refractivity (Wildman–Crippen MR) is 86.1 cm³/mol. The van der Waals surface area contributed by atoms with Crippen LogP contribution in [0.15, 0.2) is 4.99 Å². The summed E-state index contributed by atoms with van der Waals surface area (Å²) < 4.78 is 0. The second-order valence-electron chi connectivity index (χ2n) is 6.94. The van der Waals surface area contributed by atoms with Crippen molar-refractivity contribution in [3.8, 4) is 0 Å². The van der Waals surface area contributed by atoms with Crippen molar-refractivity contribution in [2.45, 2.75) is 58.5 Å². The molecule has 1 aliphatic carbocycles. The van der Waals surface area contributed by atoms with Crippen LogP contribution >= 0.6 is 0 Å². The van der Waals surface area contributed by atoms with Crippen LogP contribution in [0.3, 0.4) is 0 Å². The lowest BCUT2D eigenvalue weighted by Crippen LogP contribution is -2.47. The maximum absolute atomic E-state index is 4.36. The molecule has 0 amide bonds. The summed E-state index contributed by atoms with van der Waals surface area (Å²) >= 11 is 0. The number of nitrogens with zero attached hydrogens (tertiary/aromatic N) is 2. The van der Waals surface area contributed by atoms with E-state index in [9.17, 15) is 0 Å². The van der Waals surface area contributed by atoms with E-state index in [1.807, 2.05) is 7.05 Å². The number of likely N-dealkylation sites (tertiary alicyclic amines) is 1. The summed E-state index contributed by atoms with van der Waals surface area (Å²) in [7, 11) is 1.87. The highest BCUT2D eigenvalue weighted by molar-refractivity contribution is 5.80. The summed E-state index contributed by atoms with van der Waals surface area (Å²) in [6.07, 6.45) is 5.27. The molecule has 1 aliphatic heterocycles. The molecule has 20 heavy (non-hydrogen) atoms. The number of guanidine groups is 1. The second kappa shape index (κ2) is 7.30. The molecule has 1 heterocycles. The Morgan fingerprint density at radius 1 is 1.30 bits per heavy atom. The summed E-state index contributed by atoms with van der Waals surface area (Å²) in [6.45, 7) is 10.5. The molecule has 2 N–H and O–H groups in total. The van der Waals surface area contributed by atoms with E-state index < -0.39 is 0 Å². The highest BCUT2D eigenvalue weighted by Crippen LogP contribution is 2.28. The van der Waals surface area contributed by atoms with Crippen molar-refractivity contribution in [2.24, 2.45) is 16.8 Å². The number of hydrogen-bond donors (Lipinski definition) is 2. The maximum atomic E-state index is 4.36. The molecule has 4 nitrogen and oxygen atoms in total. The first-order chi connectivity index (χ1) is 9.60. The molecule has 0 aromatic rings. The summed E-state index contributed by atoms with van der Waals surface area (Å²) in [6, 6.07) is 1.28. The third-order valence-corrected chi connectivity index (χ3v) is 4.56. The first kappa shape index (κ1) is 15.6. The van der Waals surface area contributed by atoms with Crippen LogP contribution in [0, 0.1) is 11.8 Å². The lowest BCUT2D eigenvalue weighted by Gasteiger charge is -2.29. The number of hydrogen-bond acceptors (Lipinski definition) is 2. The van der Waals surface area contributed by atoms with Crippen molar-refractivity contribution >= 4 is 5.96 Å². The number of rotatable bonds is 6. The van der Waals surface area contributed by atoms with Gasteiger partial charge in [-0.25, -0.2) is 0 Å².